The maximum absolute atomic E-state index is 13.6. The van der Waals surface area contributed by atoms with Crippen LogP contribution in [0.25, 0.3) is 0 Å². The van der Waals surface area contributed by atoms with E-state index in [1.54, 1.807) is 7.11 Å². The molecule has 1 saturated heterocycles. The average molecular weight is 426 g/mol. The van der Waals surface area contributed by atoms with E-state index in [9.17, 15) is 4.79 Å². The van der Waals surface area contributed by atoms with E-state index in [0.29, 0.717) is 23.2 Å². The van der Waals surface area contributed by atoms with Gasteiger partial charge >= 0.3 is 0 Å². The molecule has 6 nitrogen and oxygen atoms in total. The Hall–Kier alpha value is -2.80. The van der Waals surface area contributed by atoms with Crippen LogP contribution in [0.3, 0.4) is 0 Å². The van der Waals surface area contributed by atoms with Gasteiger partial charge in [0.1, 0.15) is 5.92 Å². The van der Waals surface area contributed by atoms with Crippen molar-refractivity contribution >= 4 is 28.9 Å². The van der Waals surface area contributed by atoms with Crippen LogP contribution in [0.1, 0.15) is 36.6 Å². The van der Waals surface area contributed by atoms with Gasteiger partial charge in [-0.2, -0.15) is 0 Å². The third-order valence-electron chi connectivity index (χ3n) is 6.08. The standard InChI is InChI=1S/C23H27N3O3S/c1-6-26-22(30)25-19-15-8-7-9-17(28-5)20(15)29-23(26,4)18(19)21(27)24-16-11-10-13(2)12-14(16)3/h7-12,18-19H,6H2,1-5H3,(H,24,27)(H,25,30). The van der Waals surface area contributed by atoms with Gasteiger partial charge in [-0.25, -0.2) is 0 Å². The van der Waals surface area contributed by atoms with Crippen molar-refractivity contribution in [1.29, 1.82) is 0 Å². The van der Waals surface area contributed by atoms with Gasteiger partial charge in [0, 0.05) is 17.8 Å². The lowest BCUT2D eigenvalue weighted by Crippen LogP contribution is -2.71. The normalized spacial score (nSPS) is 24.4. The van der Waals surface area contributed by atoms with Crippen LogP contribution in [0.5, 0.6) is 11.5 Å². The zero-order valence-corrected chi connectivity index (χ0v) is 18.7. The molecule has 1 fully saturated rings. The van der Waals surface area contributed by atoms with Crippen LogP contribution < -0.4 is 20.1 Å². The van der Waals surface area contributed by atoms with Crippen LogP contribution in [0, 0.1) is 19.8 Å². The van der Waals surface area contributed by atoms with Gasteiger partial charge in [-0.3, -0.25) is 4.79 Å². The van der Waals surface area contributed by atoms with E-state index in [-0.39, 0.29) is 11.9 Å². The third kappa shape index (κ3) is 3.08. The molecule has 3 atom stereocenters. The van der Waals surface area contributed by atoms with Gasteiger partial charge in [0.2, 0.25) is 5.91 Å². The summed E-state index contributed by atoms with van der Waals surface area (Å²) in [4.78, 5) is 15.6. The molecule has 0 aliphatic carbocycles. The number of thiocarbonyl (C=S) groups is 1. The summed E-state index contributed by atoms with van der Waals surface area (Å²) in [5.74, 6) is 0.653. The second-order valence-electron chi connectivity index (χ2n) is 7.99. The highest BCUT2D eigenvalue weighted by Gasteiger charge is 2.58. The highest BCUT2D eigenvalue weighted by molar-refractivity contribution is 7.80. The highest BCUT2D eigenvalue weighted by Crippen LogP contribution is 2.51. The molecular weight excluding hydrogens is 398 g/mol. The molecule has 2 heterocycles. The van der Waals surface area contributed by atoms with E-state index in [1.807, 2.05) is 62.9 Å². The first-order valence-electron chi connectivity index (χ1n) is 10.1. The lowest BCUT2D eigenvalue weighted by atomic mass is 9.78. The number of fused-ring (bicyclic) bond motifs is 4. The summed E-state index contributed by atoms with van der Waals surface area (Å²) in [6, 6.07) is 11.4. The number of ether oxygens (including phenoxy) is 2. The number of hydrogen-bond acceptors (Lipinski definition) is 4. The van der Waals surface area contributed by atoms with Gasteiger partial charge in [-0.1, -0.05) is 29.8 Å². The Balaban J connectivity index is 1.79. The molecule has 2 bridgehead atoms. The van der Waals surface area contributed by atoms with Crippen molar-refractivity contribution in [3.8, 4) is 11.5 Å². The predicted molar refractivity (Wildman–Crippen MR) is 121 cm³/mol. The van der Waals surface area contributed by atoms with Crippen LogP contribution in [-0.2, 0) is 4.79 Å². The number of nitrogens with zero attached hydrogens (tertiary/aromatic N) is 1. The average Bonchev–Trinajstić information content (AvgIpc) is 2.69. The molecule has 0 spiro atoms. The van der Waals surface area contributed by atoms with Crippen molar-refractivity contribution in [3.63, 3.8) is 0 Å². The summed E-state index contributed by atoms with van der Waals surface area (Å²) in [5, 5.41) is 7.08. The van der Waals surface area contributed by atoms with Gasteiger partial charge in [-0.15, -0.1) is 0 Å². The number of hydrogen-bond donors (Lipinski definition) is 2. The molecule has 2 N–H and O–H groups in total. The minimum absolute atomic E-state index is 0.114. The van der Waals surface area contributed by atoms with Crippen LogP contribution in [0.4, 0.5) is 5.69 Å². The third-order valence-corrected chi connectivity index (χ3v) is 6.42. The Labute approximate surface area is 182 Å². The summed E-state index contributed by atoms with van der Waals surface area (Å²) in [5.41, 5.74) is 2.89. The van der Waals surface area contributed by atoms with E-state index in [0.717, 1.165) is 22.4 Å². The van der Waals surface area contributed by atoms with E-state index in [2.05, 4.69) is 16.7 Å². The summed E-state index contributed by atoms with van der Waals surface area (Å²) >= 11 is 5.62. The van der Waals surface area contributed by atoms with Gasteiger partial charge in [0.25, 0.3) is 0 Å². The lowest BCUT2D eigenvalue weighted by Gasteiger charge is -2.56. The van der Waals surface area contributed by atoms with Crippen molar-refractivity contribution in [1.82, 2.24) is 10.2 Å². The smallest absolute Gasteiger partial charge is 0.236 e. The topological polar surface area (TPSA) is 62.8 Å². The fourth-order valence-corrected chi connectivity index (χ4v) is 5.06. The van der Waals surface area contributed by atoms with Gasteiger partial charge in [-0.05, 0) is 57.6 Å². The Bertz CT molecular complexity index is 1020. The monoisotopic (exact) mass is 425 g/mol. The number of methoxy groups -OCH3 is 1. The Morgan fingerprint density at radius 3 is 2.77 bits per heavy atom. The summed E-state index contributed by atoms with van der Waals surface area (Å²) in [6.07, 6.45) is 0. The first-order chi connectivity index (χ1) is 14.3. The lowest BCUT2D eigenvalue weighted by molar-refractivity contribution is -0.149. The fourth-order valence-electron chi connectivity index (χ4n) is 4.62. The number of amides is 1. The Morgan fingerprint density at radius 2 is 2.10 bits per heavy atom. The van der Waals surface area contributed by atoms with E-state index >= 15 is 0 Å². The van der Waals surface area contributed by atoms with Crippen LogP contribution in [0.2, 0.25) is 0 Å². The van der Waals surface area contributed by atoms with Gasteiger partial charge in [0.15, 0.2) is 22.3 Å². The van der Waals surface area contributed by atoms with E-state index < -0.39 is 11.6 Å². The van der Waals surface area contributed by atoms with Crippen molar-refractivity contribution < 1.29 is 14.3 Å². The van der Waals surface area contributed by atoms with Crippen LogP contribution in [0.15, 0.2) is 36.4 Å². The molecule has 2 aromatic rings. The van der Waals surface area contributed by atoms with Crippen LogP contribution >= 0.6 is 12.2 Å². The number of anilines is 1. The molecule has 2 aliphatic rings. The molecule has 2 aliphatic heterocycles. The molecule has 0 radical (unpaired) electrons. The molecule has 4 rings (SSSR count). The summed E-state index contributed by atoms with van der Waals surface area (Å²) in [6.45, 7) is 8.56. The number of carbonyl (C=O) groups excluding carboxylic acids is 1. The van der Waals surface area contributed by atoms with E-state index in [4.69, 9.17) is 21.7 Å². The molecule has 0 saturated carbocycles. The van der Waals surface area contributed by atoms with Gasteiger partial charge < -0.3 is 25.0 Å². The number of rotatable bonds is 4. The maximum atomic E-state index is 13.6. The molecule has 158 valence electrons. The molecular formula is C23H27N3O3S. The molecule has 1 amide bonds. The Kier molecular flexibility index (Phi) is 5.10. The minimum Gasteiger partial charge on any atom is -0.493 e. The first kappa shape index (κ1) is 20.5. The van der Waals surface area contributed by atoms with Crippen molar-refractivity contribution in [2.45, 2.75) is 39.5 Å². The summed E-state index contributed by atoms with van der Waals surface area (Å²) < 4.78 is 12.1. The Morgan fingerprint density at radius 1 is 1.33 bits per heavy atom. The molecule has 3 unspecified atom stereocenters. The second-order valence-corrected chi connectivity index (χ2v) is 8.38. The molecule has 0 aromatic heterocycles. The van der Waals surface area contributed by atoms with Crippen molar-refractivity contribution in [3.05, 3.63) is 53.1 Å². The highest BCUT2D eigenvalue weighted by atomic mass is 32.1. The maximum Gasteiger partial charge on any atom is 0.236 e. The molecule has 30 heavy (non-hydrogen) atoms. The summed E-state index contributed by atoms with van der Waals surface area (Å²) in [7, 11) is 1.62. The van der Waals surface area contributed by atoms with Crippen molar-refractivity contribution in [2.75, 3.05) is 19.0 Å². The SMILES string of the molecule is CCN1C(=S)NC2c3cccc(OC)c3OC1(C)C2C(=O)Nc1ccc(C)cc1C. The number of para-hydroxylation sites is 1. The second kappa shape index (κ2) is 7.47. The van der Waals surface area contributed by atoms with E-state index in [1.165, 1.54) is 0 Å². The quantitative estimate of drug-likeness (QED) is 0.724. The number of nitrogens with one attached hydrogen (secondary N) is 2. The molecule has 2 aromatic carbocycles. The number of benzene rings is 2. The largest absolute Gasteiger partial charge is 0.493 e. The minimum atomic E-state index is -0.952. The molecule has 7 heteroatoms. The zero-order chi connectivity index (χ0) is 21.6. The first-order valence-corrected chi connectivity index (χ1v) is 10.5. The predicted octanol–water partition coefficient (Wildman–Crippen LogP) is 3.93. The zero-order valence-electron chi connectivity index (χ0n) is 17.9. The van der Waals surface area contributed by atoms with Crippen LogP contribution in [-0.4, -0.2) is 35.3 Å². The number of aryl methyl sites for hydroxylation is 2. The number of carbonyl (C=O) groups is 1. The van der Waals surface area contributed by atoms with Crippen molar-refractivity contribution in [2.24, 2.45) is 5.92 Å². The fraction of sp³-hybridized carbons (Fsp3) is 0.391. The van der Waals surface area contributed by atoms with Gasteiger partial charge in [0.05, 0.1) is 13.2 Å².